The number of aromatic nitrogens is 2. The Labute approximate surface area is 188 Å². The van der Waals surface area contributed by atoms with Gasteiger partial charge in [0, 0.05) is 32.4 Å². The molecule has 0 saturated carbocycles. The Morgan fingerprint density at radius 1 is 1.17 bits per heavy atom. The molecule has 2 heterocycles. The lowest BCUT2D eigenvalue weighted by molar-refractivity contribution is 0.0952. The van der Waals surface area contributed by atoms with Crippen molar-refractivity contribution in [3.63, 3.8) is 0 Å². The molecule has 3 rings (SSSR count). The van der Waals surface area contributed by atoms with Crippen molar-refractivity contribution in [3.8, 4) is 0 Å². The molecule has 0 spiro atoms. The first-order valence-corrected chi connectivity index (χ1v) is 12.2. The molecule has 2 aromatic rings. The van der Waals surface area contributed by atoms with E-state index in [-0.39, 0.29) is 20.5 Å². The van der Waals surface area contributed by atoms with Crippen LogP contribution in [-0.4, -0.2) is 48.0 Å². The van der Waals surface area contributed by atoms with Crippen molar-refractivity contribution in [2.24, 2.45) is 0 Å². The Kier molecular flexibility index (Phi) is 7.61. The molecule has 1 aromatic heterocycles. The summed E-state index contributed by atoms with van der Waals surface area (Å²) < 4.78 is 30.0. The summed E-state index contributed by atoms with van der Waals surface area (Å²) in [6.07, 6.45) is 6.81. The zero-order valence-corrected chi connectivity index (χ0v) is 19.5. The predicted octanol–water partition coefficient (Wildman–Crippen LogP) is 3.95. The maximum atomic E-state index is 13.0. The fourth-order valence-electron chi connectivity index (χ4n) is 3.14. The number of aryl methyl sites for hydroxylation is 1. The molecule has 1 aliphatic rings. The first kappa shape index (κ1) is 22.6. The number of sulfonamides is 1. The molecule has 7 nitrogen and oxygen atoms in total. The van der Waals surface area contributed by atoms with Crippen LogP contribution in [0.1, 0.15) is 36.0 Å². The SMILES string of the molecule is O=C(NCCCn1cc(Br)cn1)c1cc(S(=O)(=O)N2CCCCC2)c(Cl)cc1Cl. The van der Waals surface area contributed by atoms with Crippen molar-refractivity contribution in [3.05, 3.63) is 44.6 Å². The minimum absolute atomic E-state index is 0.0152. The molecule has 1 saturated heterocycles. The average Bonchev–Trinajstić information content (AvgIpc) is 3.10. The molecule has 1 aliphatic heterocycles. The van der Waals surface area contributed by atoms with Crippen molar-refractivity contribution < 1.29 is 13.2 Å². The monoisotopic (exact) mass is 522 g/mol. The molecule has 1 aromatic carbocycles. The largest absolute Gasteiger partial charge is 0.352 e. The smallest absolute Gasteiger partial charge is 0.252 e. The summed E-state index contributed by atoms with van der Waals surface area (Å²) in [5.74, 6) is -0.441. The third kappa shape index (κ3) is 5.52. The summed E-state index contributed by atoms with van der Waals surface area (Å²) in [6.45, 7) is 1.93. The van der Waals surface area contributed by atoms with Gasteiger partial charge in [0.1, 0.15) is 4.90 Å². The first-order chi connectivity index (χ1) is 13.8. The molecule has 0 aliphatic carbocycles. The summed E-state index contributed by atoms with van der Waals surface area (Å²) in [4.78, 5) is 12.5. The van der Waals surface area contributed by atoms with Crippen LogP contribution in [0.5, 0.6) is 0 Å². The number of piperidine rings is 1. The van der Waals surface area contributed by atoms with Gasteiger partial charge in [-0.3, -0.25) is 9.48 Å². The van der Waals surface area contributed by atoms with Crippen molar-refractivity contribution in [2.45, 2.75) is 37.1 Å². The molecule has 11 heteroatoms. The molecule has 1 fully saturated rings. The van der Waals surface area contributed by atoms with Gasteiger partial charge in [-0.05, 0) is 47.3 Å². The van der Waals surface area contributed by atoms with Gasteiger partial charge in [-0.25, -0.2) is 8.42 Å². The van der Waals surface area contributed by atoms with Crippen LogP contribution >= 0.6 is 39.1 Å². The second kappa shape index (κ2) is 9.78. The second-order valence-corrected chi connectivity index (χ2v) is 10.4. The van der Waals surface area contributed by atoms with Crippen LogP contribution in [0.4, 0.5) is 0 Å². The van der Waals surface area contributed by atoms with Crippen molar-refractivity contribution in [1.29, 1.82) is 0 Å². The minimum atomic E-state index is -3.78. The second-order valence-electron chi connectivity index (χ2n) is 6.76. The zero-order valence-electron chi connectivity index (χ0n) is 15.6. The number of nitrogens with zero attached hydrogens (tertiary/aromatic N) is 3. The maximum Gasteiger partial charge on any atom is 0.252 e. The first-order valence-electron chi connectivity index (χ1n) is 9.24. The number of halogens is 3. The lowest BCUT2D eigenvalue weighted by atomic mass is 10.2. The van der Waals surface area contributed by atoms with E-state index in [0.29, 0.717) is 32.6 Å². The van der Waals surface area contributed by atoms with Crippen LogP contribution in [0.2, 0.25) is 10.0 Å². The van der Waals surface area contributed by atoms with E-state index in [0.717, 1.165) is 23.7 Å². The number of nitrogens with one attached hydrogen (secondary N) is 1. The van der Waals surface area contributed by atoms with E-state index in [1.807, 2.05) is 6.20 Å². The molecule has 0 bridgehead atoms. The Morgan fingerprint density at radius 2 is 1.90 bits per heavy atom. The number of hydrogen-bond acceptors (Lipinski definition) is 4. The molecule has 1 N–H and O–H groups in total. The Morgan fingerprint density at radius 3 is 2.55 bits per heavy atom. The quantitative estimate of drug-likeness (QED) is 0.557. The topological polar surface area (TPSA) is 84.3 Å². The summed E-state index contributed by atoms with van der Waals surface area (Å²) in [5, 5.41) is 7.04. The fraction of sp³-hybridized carbons (Fsp3) is 0.444. The lowest BCUT2D eigenvalue weighted by Gasteiger charge is -2.26. The molecule has 1 amide bonds. The van der Waals surface area contributed by atoms with Gasteiger partial charge in [-0.2, -0.15) is 9.40 Å². The summed E-state index contributed by atoms with van der Waals surface area (Å²) in [5.41, 5.74) is 0.0912. The molecule has 0 radical (unpaired) electrons. The van der Waals surface area contributed by atoms with Gasteiger partial charge in [-0.15, -0.1) is 0 Å². The van der Waals surface area contributed by atoms with Gasteiger partial charge in [0.2, 0.25) is 10.0 Å². The highest BCUT2D eigenvalue weighted by Crippen LogP contribution is 2.31. The highest BCUT2D eigenvalue weighted by Gasteiger charge is 2.29. The predicted molar refractivity (Wildman–Crippen MR) is 116 cm³/mol. The van der Waals surface area contributed by atoms with Gasteiger partial charge in [0.25, 0.3) is 5.91 Å². The van der Waals surface area contributed by atoms with E-state index in [1.165, 1.54) is 16.4 Å². The number of hydrogen-bond donors (Lipinski definition) is 1. The third-order valence-corrected chi connectivity index (χ3v) is 7.74. The molecule has 0 unspecified atom stereocenters. The van der Waals surface area contributed by atoms with Crippen LogP contribution in [0.25, 0.3) is 0 Å². The van der Waals surface area contributed by atoms with E-state index in [9.17, 15) is 13.2 Å². The lowest BCUT2D eigenvalue weighted by Crippen LogP contribution is -2.36. The van der Waals surface area contributed by atoms with Crippen LogP contribution in [0.3, 0.4) is 0 Å². The fourth-order valence-corrected chi connectivity index (χ4v) is 5.82. The number of carbonyl (C=O) groups is 1. The molecular weight excluding hydrogens is 503 g/mol. The van der Waals surface area contributed by atoms with Crippen LogP contribution in [-0.2, 0) is 16.6 Å². The molecular formula is C18H21BrCl2N4O3S. The minimum Gasteiger partial charge on any atom is -0.352 e. The van der Waals surface area contributed by atoms with E-state index in [2.05, 4.69) is 26.3 Å². The standard InChI is InChI=1S/C18H21BrCl2N4O3S/c19-13-11-23-24(12-13)6-4-5-22-18(26)14-9-17(16(21)10-15(14)20)29(27,28)25-7-2-1-3-8-25/h9-12H,1-8H2,(H,22,26). The highest BCUT2D eigenvalue weighted by atomic mass is 79.9. The summed E-state index contributed by atoms with van der Waals surface area (Å²) in [6, 6.07) is 2.59. The van der Waals surface area contributed by atoms with E-state index >= 15 is 0 Å². The van der Waals surface area contributed by atoms with E-state index < -0.39 is 15.9 Å². The number of amides is 1. The number of carbonyl (C=O) groups excluding carboxylic acids is 1. The Hall–Kier alpha value is -1.13. The normalized spacial score (nSPS) is 15.4. The van der Waals surface area contributed by atoms with E-state index in [4.69, 9.17) is 23.2 Å². The van der Waals surface area contributed by atoms with E-state index in [1.54, 1.807) is 10.9 Å². The average molecular weight is 524 g/mol. The summed E-state index contributed by atoms with van der Waals surface area (Å²) in [7, 11) is -3.78. The molecule has 158 valence electrons. The number of benzene rings is 1. The van der Waals surface area contributed by atoms with Crippen LogP contribution in [0.15, 0.2) is 33.9 Å². The zero-order chi connectivity index (χ0) is 21.0. The third-order valence-electron chi connectivity index (χ3n) is 4.65. The van der Waals surface area contributed by atoms with Crippen LogP contribution in [0, 0.1) is 0 Å². The maximum absolute atomic E-state index is 13.0. The van der Waals surface area contributed by atoms with Crippen molar-refractivity contribution in [2.75, 3.05) is 19.6 Å². The van der Waals surface area contributed by atoms with Gasteiger partial charge >= 0.3 is 0 Å². The molecule has 0 atom stereocenters. The van der Waals surface area contributed by atoms with Crippen molar-refractivity contribution in [1.82, 2.24) is 19.4 Å². The summed E-state index contributed by atoms with van der Waals surface area (Å²) >= 11 is 15.7. The van der Waals surface area contributed by atoms with Crippen LogP contribution < -0.4 is 5.32 Å². The number of rotatable bonds is 7. The van der Waals surface area contributed by atoms with Gasteiger partial charge in [0.05, 0.1) is 26.3 Å². The van der Waals surface area contributed by atoms with Gasteiger partial charge in [0.15, 0.2) is 0 Å². The Balaban J connectivity index is 1.70. The van der Waals surface area contributed by atoms with Gasteiger partial charge in [-0.1, -0.05) is 29.6 Å². The highest BCUT2D eigenvalue weighted by molar-refractivity contribution is 9.10. The van der Waals surface area contributed by atoms with Gasteiger partial charge < -0.3 is 5.32 Å². The Bertz CT molecular complexity index is 991. The van der Waals surface area contributed by atoms with Crippen molar-refractivity contribution >= 4 is 55.1 Å². The molecule has 29 heavy (non-hydrogen) atoms.